The number of ketones is 1. The molecular formula is C27H42N2O7S2. The molecule has 0 aromatic carbocycles. The molecule has 9 nitrogen and oxygen atoms in total. The summed E-state index contributed by atoms with van der Waals surface area (Å²) in [6.07, 6.45) is 1.85. The first kappa shape index (κ1) is 30.9. The van der Waals surface area contributed by atoms with Crippen molar-refractivity contribution in [3.05, 3.63) is 21.7 Å². The van der Waals surface area contributed by atoms with E-state index in [2.05, 4.69) is 4.98 Å². The number of cyclic esters (lactones) is 1. The SMILES string of the molecule is CC(=Cc1csc(C)n1)C1CC2[C@@H](CCC[C@H](C)[C@H](O)[C@@H](C)C(=O)C(C)(C)[C@@H](O)CC(=O)O1)N2S(C)(=O)=O. The number of aromatic nitrogens is 1. The van der Waals surface area contributed by atoms with Gasteiger partial charge >= 0.3 is 5.97 Å². The van der Waals surface area contributed by atoms with Crippen LogP contribution in [0.2, 0.25) is 0 Å². The first-order valence-electron chi connectivity index (χ1n) is 13.2. The van der Waals surface area contributed by atoms with Gasteiger partial charge in [0, 0.05) is 29.8 Å². The van der Waals surface area contributed by atoms with E-state index in [1.165, 1.54) is 21.9 Å². The number of sulfonamides is 1. The van der Waals surface area contributed by atoms with E-state index < -0.39 is 52.1 Å². The number of hydrogen-bond acceptors (Lipinski definition) is 9. The van der Waals surface area contributed by atoms with Gasteiger partial charge in [0.2, 0.25) is 10.0 Å². The highest BCUT2D eigenvalue weighted by molar-refractivity contribution is 7.88. The molecule has 1 aromatic rings. The zero-order chi connectivity index (χ0) is 28.6. The van der Waals surface area contributed by atoms with Crippen LogP contribution < -0.4 is 0 Å². The Kier molecular flexibility index (Phi) is 9.62. The molecule has 8 atom stereocenters. The molecule has 2 aliphatic rings. The van der Waals surface area contributed by atoms with Gasteiger partial charge in [-0.25, -0.2) is 13.4 Å². The molecule has 3 unspecified atom stereocenters. The summed E-state index contributed by atoms with van der Waals surface area (Å²) in [6, 6.07) is -0.542. The number of aliphatic hydroxyl groups is 2. The average Bonchev–Trinajstić information content (AvgIpc) is 3.36. The van der Waals surface area contributed by atoms with Crippen molar-refractivity contribution in [2.75, 3.05) is 6.26 Å². The third-order valence-corrected chi connectivity index (χ3v) is 10.2. The maximum Gasteiger partial charge on any atom is 0.309 e. The number of fused-ring (bicyclic) bond motifs is 1. The number of ether oxygens (including phenoxy) is 1. The van der Waals surface area contributed by atoms with Crippen molar-refractivity contribution in [3.8, 4) is 0 Å². The van der Waals surface area contributed by atoms with Crippen LogP contribution in [0.5, 0.6) is 0 Å². The fourth-order valence-electron chi connectivity index (χ4n) is 5.54. The number of carbonyl (C=O) groups excluding carboxylic acids is 2. The highest BCUT2D eigenvalue weighted by Crippen LogP contribution is 2.41. The molecule has 3 rings (SSSR count). The normalized spacial score (nSPS) is 35.9. The maximum atomic E-state index is 13.3. The largest absolute Gasteiger partial charge is 0.458 e. The minimum atomic E-state index is -3.47. The summed E-state index contributed by atoms with van der Waals surface area (Å²) < 4.78 is 32.4. The van der Waals surface area contributed by atoms with E-state index in [9.17, 15) is 28.2 Å². The number of hydrogen-bond donors (Lipinski definition) is 2. The molecule has 2 N–H and O–H groups in total. The van der Waals surface area contributed by atoms with Crippen molar-refractivity contribution in [1.82, 2.24) is 9.29 Å². The van der Waals surface area contributed by atoms with Gasteiger partial charge in [0.25, 0.3) is 0 Å². The molecule has 214 valence electrons. The van der Waals surface area contributed by atoms with Gasteiger partial charge in [-0.2, -0.15) is 4.31 Å². The Hall–Kier alpha value is -1.66. The van der Waals surface area contributed by atoms with Crippen molar-refractivity contribution >= 4 is 39.2 Å². The van der Waals surface area contributed by atoms with E-state index in [1.807, 2.05) is 32.2 Å². The third-order valence-electron chi connectivity index (χ3n) is 8.14. The van der Waals surface area contributed by atoms with Crippen LogP contribution in [0.1, 0.15) is 77.4 Å². The summed E-state index contributed by atoms with van der Waals surface area (Å²) in [6.45, 7) is 10.4. The van der Waals surface area contributed by atoms with Crippen molar-refractivity contribution in [1.29, 1.82) is 0 Å². The molecule has 2 saturated heterocycles. The lowest BCUT2D eigenvalue weighted by Gasteiger charge is -2.34. The number of aliphatic hydroxyl groups excluding tert-OH is 2. The molecule has 0 amide bonds. The predicted molar refractivity (Wildman–Crippen MR) is 147 cm³/mol. The number of thiazole rings is 1. The topological polar surface area (TPSA) is 134 Å². The highest BCUT2D eigenvalue weighted by atomic mass is 32.2. The van der Waals surface area contributed by atoms with Crippen LogP contribution in [0.25, 0.3) is 6.08 Å². The van der Waals surface area contributed by atoms with Gasteiger partial charge in [-0.15, -0.1) is 11.3 Å². The Morgan fingerprint density at radius 3 is 2.45 bits per heavy atom. The summed E-state index contributed by atoms with van der Waals surface area (Å²) in [5, 5.41) is 24.6. The van der Waals surface area contributed by atoms with Crippen LogP contribution in [0.15, 0.2) is 11.0 Å². The van der Waals surface area contributed by atoms with Gasteiger partial charge in [-0.05, 0) is 44.3 Å². The molecule has 0 spiro atoms. The molecule has 11 heteroatoms. The van der Waals surface area contributed by atoms with Gasteiger partial charge in [0.1, 0.15) is 11.9 Å². The first-order valence-corrected chi connectivity index (χ1v) is 16.0. The number of Topliss-reactive ketones (excluding diaryl/α,β-unsaturated/α-hetero) is 1. The summed E-state index contributed by atoms with van der Waals surface area (Å²) in [7, 11) is -3.47. The van der Waals surface area contributed by atoms with Gasteiger partial charge in [-0.1, -0.05) is 34.1 Å². The van der Waals surface area contributed by atoms with Crippen molar-refractivity contribution in [2.24, 2.45) is 17.3 Å². The van der Waals surface area contributed by atoms with Crippen LogP contribution in [0.3, 0.4) is 0 Å². The molecule has 2 fully saturated rings. The second kappa shape index (κ2) is 11.8. The second-order valence-corrected chi connectivity index (χ2v) is 14.6. The summed E-state index contributed by atoms with van der Waals surface area (Å²) in [5.74, 6) is -1.92. The lowest BCUT2D eigenvalue weighted by atomic mass is 9.73. The van der Waals surface area contributed by atoms with Crippen LogP contribution in [0.4, 0.5) is 0 Å². The molecule has 2 aliphatic heterocycles. The highest BCUT2D eigenvalue weighted by Gasteiger charge is 2.54. The maximum absolute atomic E-state index is 13.3. The lowest BCUT2D eigenvalue weighted by Crippen LogP contribution is -2.45. The molecule has 0 radical (unpaired) electrons. The second-order valence-electron chi connectivity index (χ2n) is 11.6. The zero-order valence-electron chi connectivity index (χ0n) is 23.4. The van der Waals surface area contributed by atoms with E-state index in [0.717, 1.165) is 16.3 Å². The number of esters is 1. The minimum Gasteiger partial charge on any atom is -0.458 e. The zero-order valence-corrected chi connectivity index (χ0v) is 25.0. The van der Waals surface area contributed by atoms with Crippen molar-refractivity contribution < 1.29 is 33.0 Å². The molecule has 0 saturated carbocycles. The first-order chi connectivity index (χ1) is 17.5. The number of nitrogens with zero attached hydrogens (tertiary/aromatic N) is 2. The molecule has 3 heterocycles. The number of carbonyl (C=O) groups is 2. The molecular weight excluding hydrogens is 528 g/mol. The number of aryl methyl sites for hydroxylation is 1. The Bertz CT molecular complexity index is 1160. The third kappa shape index (κ3) is 7.10. The molecule has 1 aromatic heterocycles. The Labute approximate surface area is 230 Å². The quantitative estimate of drug-likeness (QED) is 0.418. The molecule has 38 heavy (non-hydrogen) atoms. The van der Waals surface area contributed by atoms with E-state index in [4.69, 9.17) is 4.74 Å². The smallest absolute Gasteiger partial charge is 0.309 e. The standard InChI is InChI=1S/C27H42N2O7S2/c1-15-9-8-10-20-21(29(20)38(7,34)35)12-22(16(2)11-19-14-37-18(4)28-19)36-24(31)13-23(30)27(5,6)26(33)17(3)25(15)32/h11,14-15,17,20-23,25,30,32H,8-10,12-13H2,1-7H3/t15-,17+,20+,21?,22?,23-,25-,29?/m0/s1. The molecule has 0 bridgehead atoms. The minimum absolute atomic E-state index is 0.192. The Balaban J connectivity index is 1.94. The fraction of sp³-hybridized carbons (Fsp3) is 0.741. The monoisotopic (exact) mass is 570 g/mol. The van der Waals surface area contributed by atoms with Gasteiger partial charge in [0.05, 0.1) is 41.0 Å². The van der Waals surface area contributed by atoms with Crippen LogP contribution in [-0.2, 0) is 24.3 Å². The summed E-state index contributed by atoms with van der Waals surface area (Å²) >= 11 is 1.50. The van der Waals surface area contributed by atoms with Crippen molar-refractivity contribution in [2.45, 2.75) is 104 Å². The van der Waals surface area contributed by atoms with Gasteiger partial charge < -0.3 is 14.9 Å². The van der Waals surface area contributed by atoms with E-state index in [0.29, 0.717) is 19.3 Å². The number of rotatable bonds is 3. The van der Waals surface area contributed by atoms with E-state index >= 15 is 0 Å². The van der Waals surface area contributed by atoms with Crippen LogP contribution in [0, 0.1) is 24.2 Å². The average molecular weight is 571 g/mol. The van der Waals surface area contributed by atoms with Gasteiger partial charge in [0.15, 0.2) is 0 Å². The van der Waals surface area contributed by atoms with Crippen LogP contribution in [-0.4, -0.2) is 76.3 Å². The van der Waals surface area contributed by atoms with E-state index in [1.54, 1.807) is 20.8 Å². The Morgan fingerprint density at radius 2 is 1.87 bits per heavy atom. The predicted octanol–water partition coefficient (Wildman–Crippen LogP) is 3.33. The lowest BCUT2D eigenvalue weighted by molar-refractivity contribution is -0.154. The van der Waals surface area contributed by atoms with Gasteiger partial charge in [-0.3, -0.25) is 9.59 Å². The fourth-order valence-corrected chi connectivity index (χ4v) is 7.51. The van der Waals surface area contributed by atoms with E-state index in [-0.39, 0.29) is 30.2 Å². The molecule has 0 aliphatic carbocycles. The Morgan fingerprint density at radius 1 is 1.21 bits per heavy atom. The van der Waals surface area contributed by atoms with Crippen LogP contribution >= 0.6 is 11.3 Å². The van der Waals surface area contributed by atoms with Crippen molar-refractivity contribution in [3.63, 3.8) is 0 Å². The summed E-state index contributed by atoms with van der Waals surface area (Å²) in [5.41, 5.74) is 0.177. The summed E-state index contributed by atoms with van der Waals surface area (Å²) in [4.78, 5) is 30.7.